The van der Waals surface area contributed by atoms with Gasteiger partial charge >= 0.3 is 0 Å². The minimum atomic E-state index is -0.500. The van der Waals surface area contributed by atoms with Gasteiger partial charge in [0.25, 0.3) is 11.8 Å². The number of aromatic hydroxyl groups is 1. The fraction of sp³-hybridized carbons (Fsp3) is 0.0323. The Labute approximate surface area is 229 Å². The number of para-hydroxylation sites is 1. The first-order valence-corrected chi connectivity index (χ1v) is 12.3. The third kappa shape index (κ3) is 5.66. The van der Waals surface area contributed by atoms with E-state index in [2.05, 4.69) is 31.7 Å². The number of carbonyl (C=O) groups excluding carboxylic acids is 2. The molecule has 0 saturated carbocycles. The lowest BCUT2D eigenvalue weighted by Gasteiger charge is -2.15. The Morgan fingerprint density at radius 2 is 1.68 bits per heavy atom. The Balaban J connectivity index is 1.56. The molecule has 0 aliphatic carbocycles. The quantitative estimate of drug-likeness (QED) is 0.272. The number of phenolic OH excluding ortho intramolecular Hbond substituents is 1. The average Bonchev–Trinajstić information content (AvgIpc) is 3.00. The molecule has 0 saturated heterocycles. The van der Waals surface area contributed by atoms with Crippen LogP contribution in [0.3, 0.4) is 0 Å². The highest BCUT2D eigenvalue weighted by atomic mass is 16.3. The molecule has 3 aromatic heterocycles. The van der Waals surface area contributed by atoms with Crippen molar-refractivity contribution in [3.05, 3.63) is 126 Å². The number of phenols is 1. The molecule has 0 spiro atoms. The van der Waals surface area contributed by atoms with E-state index in [0.717, 1.165) is 0 Å². The SMILES string of the molecule is N#Cc1c(-c2cccc(C(=O)NCc3ccccn3)c2)cc(-c2ccccc2O)nc1NC(=O)c1cccnc1. The van der Waals surface area contributed by atoms with Crippen molar-refractivity contribution in [3.63, 3.8) is 0 Å². The first-order valence-electron chi connectivity index (χ1n) is 12.3. The van der Waals surface area contributed by atoms with Crippen molar-refractivity contribution in [3.8, 4) is 34.2 Å². The first kappa shape index (κ1) is 25.8. The molecular weight excluding hydrogens is 504 g/mol. The maximum absolute atomic E-state index is 13.0. The lowest BCUT2D eigenvalue weighted by atomic mass is 9.96. The maximum Gasteiger partial charge on any atom is 0.258 e. The van der Waals surface area contributed by atoms with Crippen LogP contribution < -0.4 is 10.6 Å². The number of hydrogen-bond donors (Lipinski definition) is 3. The molecule has 2 aromatic carbocycles. The number of anilines is 1. The van der Waals surface area contributed by atoms with E-state index in [4.69, 9.17) is 0 Å². The Morgan fingerprint density at radius 1 is 0.850 bits per heavy atom. The Hall–Kier alpha value is -5.88. The molecule has 194 valence electrons. The summed E-state index contributed by atoms with van der Waals surface area (Å²) < 4.78 is 0. The summed E-state index contributed by atoms with van der Waals surface area (Å²) in [6.45, 7) is 0.255. The van der Waals surface area contributed by atoms with Crippen LogP contribution in [0.25, 0.3) is 22.4 Å². The summed E-state index contributed by atoms with van der Waals surface area (Å²) in [5.74, 6) is -0.818. The number of benzene rings is 2. The van der Waals surface area contributed by atoms with E-state index in [1.807, 2.05) is 12.1 Å². The van der Waals surface area contributed by atoms with E-state index >= 15 is 0 Å². The van der Waals surface area contributed by atoms with Crippen molar-refractivity contribution in [2.45, 2.75) is 6.54 Å². The predicted molar refractivity (Wildman–Crippen MR) is 149 cm³/mol. The highest BCUT2D eigenvalue weighted by molar-refractivity contribution is 6.05. The molecule has 5 rings (SSSR count). The molecule has 5 aromatic rings. The summed E-state index contributed by atoms with van der Waals surface area (Å²) in [6.07, 6.45) is 4.61. The molecule has 0 aliphatic rings. The van der Waals surface area contributed by atoms with Crippen LogP contribution in [0.2, 0.25) is 0 Å². The Morgan fingerprint density at radius 3 is 2.42 bits per heavy atom. The number of hydrogen-bond acceptors (Lipinski definition) is 7. The van der Waals surface area contributed by atoms with Crippen molar-refractivity contribution in [1.29, 1.82) is 5.26 Å². The summed E-state index contributed by atoms with van der Waals surface area (Å²) in [6, 6.07) is 25.9. The first-order chi connectivity index (χ1) is 19.5. The van der Waals surface area contributed by atoms with Gasteiger partial charge in [0, 0.05) is 35.3 Å². The Bertz CT molecular complexity index is 1730. The zero-order valence-corrected chi connectivity index (χ0v) is 21.1. The second-order valence-electron chi connectivity index (χ2n) is 8.69. The number of carbonyl (C=O) groups is 2. The average molecular weight is 527 g/mol. The van der Waals surface area contributed by atoms with E-state index in [1.54, 1.807) is 79.1 Å². The van der Waals surface area contributed by atoms with Crippen molar-refractivity contribution in [1.82, 2.24) is 20.3 Å². The van der Waals surface area contributed by atoms with Gasteiger partial charge in [0.1, 0.15) is 17.4 Å². The minimum Gasteiger partial charge on any atom is -0.507 e. The zero-order chi connectivity index (χ0) is 27.9. The molecule has 2 amide bonds. The molecule has 0 aliphatic heterocycles. The van der Waals surface area contributed by atoms with Crippen LogP contribution in [0.4, 0.5) is 5.82 Å². The second-order valence-corrected chi connectivity index (χ2v) is 8.69. The summed E-state index contributed by atoms with van der Waals surface area (Å²) in [7, 11) is 0. The molecule has 0 fully saturated rings. The molecule has 3 heterocycles. The smallest absolute Gasteiger partial charge is 0.258 e. The van der Waals surface area contributed by atoms with E-state index in [1.165, 1.54) is 12.3 Å². The number of pyridine rings is 3. The molecule has 9 heteroatoms. The predicted octanol–water partition coefficient (Wildman–Crippen LogP) is 4.97. The molecule has 40 heavy (non-hydrogen) atoms. The fourth-order valence-electron chi connectivity index (χ4n) is 4.08. The molecule has 0 bridgehead atoms. The van der Waals surface area contributed by atoms with Crippen molar-refractivity contribution in [2.75, 3.05) is 5.32 Å². The summed E-state index contributed by atoms with van der Waals surface area (Å²) in [5.41, 5.74) is 3.20. The van der Waals surface area contributed by atoms with Crippen molar-refractivity contribution < 1.29 is 14.7 Å². The normalized spacial score (nSPS) is 10.4. The highest BCUT2D eigenvalue weighted by Gasteiger charge is 2.20. The van der Waals surface area contributed by atoms with Gasteiger partial charge in [0.2, 0.25) is 0 Å². The fourth-order valence-corrected chi connectivity index (χ4v) is 4.08. The van der Waals surface area contributed by atoms with E-state index in [0.29, 0.717) is 33.6 Å². The molecule has 0 unspecified atom stereocenters. The van der Waals surface area contributed by atoms with Gasteiger partial charge < -0.3 is 15.7 Å². The molecule has 3 N–H and O–H groups in total. The highest BCUT2D eigenvalue weighted by Crippen LogP contribution is 2.35. The van der Waals surface area contributed by atoms with Gasteiger partial charge in [-0.15, -0.1) is 0 Å². The van der Waals surface area contributed by atoms with Gasteiger partial charge in [0.15, 0.2) is 5.82 Å². The number of amides is 2. The minimum absolute atomic E-state index is 0.0112. The second kappa shape index (κ2) is 11.7. The molecule has 9 nitrogen and oxygen atoms in total. The van der Waals surface area contributed by atoms with E-state index < -0.39 is 5.91 Å². The maximum atomic E-state index is 13.0. The zero-order valence-electron chi connectivity index (χ0n) is 21.1. The lowest BCUT2D eigenvalue weighted by Crippen LogP contribution is -2.23. The summed E-state index contributed by atoms with van der Waals surface area (Å²) in [4.78, 5) is 38.6. The van der Waals surface area contributed by atoms with Gasteiger partial charge in [-0.2, -0.15) is 5.26 Å². The van der Waals surface area contributed by atoms with Crippen molar-refractivity contribution in [2.24, 2.45) is 0 Å². The van der Waals surface area contributed by atoms with Crippen LogP contribution >= 0.6 is 0 Å². The lowest BCUT2D eigenvalue weighted by molar-refractivity contribution is 0.0949. The van der Waals surface area contributed by atoms with E-state index in [-0.39, 0.29) is 35.1 Å². The third-order valence-electron chi connectivity index (χ3n) is 6.06. The topological polar surface area (TPSA) is 141 Å². The van der Waals surface area contributed by atoms with Crippen molar-refractivity contribution >= 4 is 17.6 Å². The van der Waals surface area contributed by atoms with Crippen LogP contribution in [0, 0.1) is 11.3 Å². The van der Waals surface area contributed by atoms with Gasteiger partial charge in [-0.05, 0) is 60.2 Å². The number of nitrogens with zero attached hydrogens (tertiary/aromatic N) is 4. The molecule has 0 radical (unpaired) electrons. The standard InChI is InChI=1S/C31H22N6O3/c32-17-26-25(20-7-5-8-21(15-20)30(39)35-19-23-10-3-4-14-34-23)16-27(24-11-1-2-12-28(24)38)36-29(26)37-31(40)22-9-6-13-33-18-22/h1-16,18,38H,19H2,(H,35,39)(H,36,37,40). The summed E-state index contributed by atoms with van der Waals surface area (Å²) >= 11 is 0. The summed E-state index contributed by atoms with van der Waals surface area (Å²) in [5, 5.41) is 26.2. The van der Waals surface area contributed by atoms with Gasteiger partial charge in [-0.1, -0.05) is 30.3 Å². The number of rotatable bonds is 7. The number of aromatic nitrogens is 3. The van der Waals surface area contributed by atoms with Gasteiger partial charge in [0.05, 0.1) is 23.5 Å². The van der Waals surface area contributed by atoms with E-state index in [9.17, 15) is 20.0 Å². The molecular formula is C31H22N6O3. The largest absolute Gasteiger partial charge is 0.507 e. The third-order valence-corrected chi connectivity index (χ3v) is 6.06. The van der Waals surface area contributed by atoms with Gasteiger partial charge in [-0.25, -0.2) is 4.98 Å². The number of nitrogens with one attached hydrogen (secondary N) is 2. The van der Waals surface area contributed by atoms with Crippen LogP contribution in [0.5, 0.6) is 5.75 Å². The van der Waals surface area contributed by atoms with Crippen LogP contribution in [0.1, 0.15) is 32.0 Å². The van der Waals surface area contributed by atoms with Crippen LogP contribution in [-0.2, 0) is 6.54 Å². The van der Waals surface area contributed by atoms with Crippen LogP contribution in [-0.4, -0.2) is 31.9 Å². The Kier molecular flexibility index (Phi) is 7.51. The monoisotopic (exact) mass is 526 g/mol. The van der Waals surface area contributed by atoms with Gasteiger partial charge in [-0.3, -0.25) is 19.6 Å². The molecule has 0 atom stereocenters. The van der Waals surface area contributed by atoms with Crippen LogP contribution in [0.15, 0.2) is 104 Å². The number of nitriles is 1.